The van der Waals surface area contributed by atoms with Crippen LogP contribution in [0, 0.1) is 47.3 Å². The summed E-state index contributed by atoms with van der Waals surface area (Å²) in [6.07, 6.45) is 29.8. The van der Waals surface area contributed by atoms with Gasteiger partial charge in [0.1, 0.15) is 0 Å². The molecule has 0 radical (unpaired) electrons. The zero-order valence-electron chi connectivity index (χ0n) is 33.9. The first kappa shape index (κ1) is 30.9. The van der Waals surface area contributed by atoms with Crippen molar-refractivity contribution in [2.75, 3.05) is 6.16 Å². The van der Waals surface area contributed by atoms with Gasteiger partial charge in [0, 0.05) is 0 Å². The van der Waals surface area contributed by atoms with Crippen molar-refractivity contribution in [2.45, 2.75) is 127 Å². The van der Waals surface area contributed by atoms with Crippen LogP contribution in [0.4, 0.5) is 0 Å². The SMILES string of the molecule is PC(c1cnccn1)(c1cnccn1)[C]12[CH]3[C]4(c5ccccc5)[C]5(c6ccccc6)[C]1(CP(C1C6CC7CC(C6)CC1C7)C1C6CC7CC(C6)CC1C7)[Fe]34521678[CH]2[CH]1[CH]6[CH]7[CH]28. The van der Waals surface area contributed by atoms with E-state index in [1.165, 1.54) is 11.4 Å². The van der Waals surface area contributed by atoms with Gasteiger partial charge in [0.15, 0.2) is 0 Å². The fraction of sp³-hybridized carbons (Fsp3) is 0.615. The molecule has 59 heavy (non-hydrogen) atoms. The summed E-state index contributed by atoms with van der Waals surface area (Å²) in [5.74, 6) is 8.28. The Kier molecular flexibility index (Phi) is 3.18. The Morgan fingerprint density at radius 3 is 1.42 bits per heavy atom. The van der Waals surface area contributed by atoms with Crippen LogP contribution in [0.2, 0.25) is 37.5 Å². The topological polar surface area (TPSA) is 51.6 Å². The van der Waals surface area contributed by atoms with E-state index in [9.17, 15) is 0 Å². The third-order valence-corrected chi connectivity index (χ3v) is 79.9. The molecule has 6 atom stereocenters. The summed E-state index contributed by atoms with van der Waals surface area (Å²) in [6, 6.07) is 25.4. The molecule has 1 spiro atoms. The Bertz CT molecular complexity index is 2920. The molecule has 302 valence electrons. The van der Waals surface area contributed by atoms with E-state index >= 15 is 0 Å². The van der Waals surface area contributed by atoms with Gasteiger partial charge in [-0.2, -0.15) is 0 Å². The second-order valence-electron chi connectivity index (χ2n) is 26.3. The van der Waals surface area contributed by atoms with Gasteiger partial charge in [-0.05, 0) is 0 Å². The number of benzene rings is 2. The maximum absolute atomic E-state index is 5.49. The molecule has 0 N–H and O–H groups in total. The molecule has 0 amide bonds. The van der Waals surface area contributed by atoms with Crippen LogP contribution >= 0.6 is 17.2 Å². The number of hydrogen-bond donors (Lipinski definition) is 0. The molecule has 12 heterocycles. The molecule has 18 fully saturated rings. The summed E-state index contributed by atoms with van der Waals surface area (Å²) in [5, 5.41) is -0.349. The van der Waals surface area contributed by atoms with Crippen LogP contribution in [0.1, 0.15) is 86.7 Å². The van der Waals surface area contributed by atoms with E-state index in [0.717, 1.165) is 87.6 Å². The average molecular weight is 855 g/mol. The summed E-state index contributed by atoms with van der Waals surface area (Å²) in [5.41, 5.74) is 8.13. The third kappa shape index (κ3) is 1.09. The molecule has 8 saturated carbocycles. The first-order valence-corrected chi connectivity index (χ1v) is 32.5. The van der Waals surface area contributed by atoms with Gasteiger partial charge < -0.3 is 0 Å². The summed E-state index contributed by atoms with van der Waals surface area (Å²) >= 11 is 0. The summed E-state index contributed by atoms with van der Waals surface area (Å²) in [4.78, 5) is 27.0. The predicted octanol–water partition coefficient (Wildman–Crippen LogP) is 11.9. The molecular weight excluding hydrogens is 798 g/mol. The van der Waals surface area contributed by atoms with Crippen LogP contribution in [-0.2, 0) is 20.3 Å². The van der Waals surface area contributed by atoms with Crippen molar-refractivity contribution in [3.63, 3.8) is 0 Å². The molecule has 18 aliphatic rings. The molecule has 4 nitrogen and oxygen atoms in total. The summed E-state index contributed by atoms with van der Waals surface area (Å²) in [6.45, 7) is -5.03. The third-order valence-electron chi connectivity index (χ3n) is 29.9. The van der Waals surface area contributed by atoms with Gasteiger partial charge in [-0.3, -0.25) is 0 Å². The molecule has 7 heteroatoms. The van der Waals surface area contributed by atoms with Crippen LogP contribution in [0.15, 0.2) is 97.8 Å². The fourth-order valence-electron chi connectivity index (χ4n) is 33.4. The minimum atomic E-state index is -5.03. The Hall–Kier alpha value is -2.02. The molecule has 6 unspecified atom stereocenters. The molecular formula is C52H56FeN4P2. The molecule has 10 saturated heterocycles. The van der Waals surface area contributed by atoms with Gasteiger partial charge in [-0.1, -0.05) is 0 Å². The van der Waals surface area contributed by atoms with Gasteiger partial charge in [-0.15, -0.1) is 0 Å². The molecule has 2 aromatic carbocycles. The summed E-state index contributed by atoms with van der Waals surface area (Å²) < 4.78 is 1.52. The van der Waals surface area contributed by atoms with Crippen molar-refractivity contribution in [1.29, 1.82) is 0 Å². The van der Waals surface area contributed by atoms with Gasteiger partial charge in [0.05, 0.1) is 0 Å². The quantitative estimate of drug-likeness (QED) is 0.124. The Morgan fingerprint density at radius 1 is 0.576 bits per heavy atom. The van der Waals surface area contributed by atoms with Crippen molar-refractivity contribution >= 4 is 17.2 Å². The zero-order valence-corrected chi connectivity index (χ0v) is 37.1. The number of rotatable bonds is 9. The zero-order chi connectivity index (χ0) is 37.9. The van der Waals surface area contributed by atoms with Crippen molar-refractivity contribution in [3.05, 3.63) is 120 Å². The van der Waals surface area contributed by atoms with E-state index in [1.807, 2.05) is 35.9 Å². The van der Waals surface area contributed by atoms with E-state index in [-0.39, 0.29) is 17.4 Å². The van der Waals surface area contributed by atoms with E-state index in [2.05, 4.69) is 82.3 Å². The molecule has 10 aliphatic heterocycles. The molecule has 8 aliphatic carbocycles. The van der Waals surface area contributed by atoms with Crippen molar-refractivity contribution < 1.29 is 6.51 Å². The van der Waals surface area contributed by atoms with E-state index in [4.69, 9.17) is 19.9 Å². The van der Waals surface area contributed by atoms with Gasteiger partial charge >= 0.3 is 344 Å². The second kappa shape index (κ2) is 6.07. The monoisotopic (exact) mass is 854 g/mol. The van der Waals surface area contributed by atoms with Crippen LogP contribution in [-0.4, -0.2) is 37.4 Å². The van der Waals surface area contributed by atoms with E-state index in [1.54, 1.807) is 70.4 Å². The van der Waals surface area contributed by atoms with Crippen LogP contribution < -0.4 is 0 Å². The molecule has 22 rings (SSSR count). The Balaban J connectivity index is 0.931. The fourth-order valence-corrected chi connectivity index (χ4v) is 126. The van der Waals surface area contributed by atoms with Gasteiger partial charge in [0.25, 0.3) is 0 Å². The van der Waals surface area contributed by atoms with Crippen LogP contribution in [0.25, 0.3) is 0 Å². The Labute approximate surface area is 342 Å². The second-order valence-corrected chi connectivity index (χ2v) is 52.3. The molecule has 4 aromatic rings. The van der Waals surface area contributed by atoms with Crippen molar-refractivity contribution in [2.24, 2.45) is 47.3 Å². The number of nitrogens with zero attached hydrogens (tertiary/aromatic N) is 4. The number of aromatic nitrogens is 4. The van der Waals surface area contributed by atoms with Gasteiger partial charge in [-0.25, -0.2) is 0 Å². The average Bonchev–Trinajstić information content (AvgIpc) is 4.22. The van der Waals surface area contributed by atoms with Gasteiger partial charge in [0.2, 0.25) is 0 Å². The predicted molar refractivity (Wildman–Crippen MR) is 232 cm³/mol. The maximum atomic E-state index is 5.49. The number of hydrogen-bond acceptors (Lipinski definition) is 4. The van der Waals surface area contributed by atoms with Crippen LogP contribution in [0.5, 0.6) is 0 Å². The molecule has 2 aromatic heterocycles. The summed E-state index contributed by atoms with van der Waals surface area (Å²) in [7, 11) is 3.62. The van der Waals surface area contributed by atoms with E-state index in [0.29, 0.717) is 12.9 Å². The Morgan fingerprint density at radius 2 is 1.02 bits per heavy atom. The van der Waals surface area contributed by atoms with E-state index < -0.39 is 6.51 Å². The normalized spacial score (nSPS) is 65.8. The number of fused-ring (bicyclic) bond motifs is 10. The van der Waals surface area contributed by atoms with Crippen molar-refractivity contribution in [3.8, 4) is 0 Å². The molecule has 8 bridgehead atoms. The van der Waals surface area contributed by atoms with Crippen LogP contribution in [0.3, 0.4) is 0 Å². The minimum absolute atomic E-state index is 0.143. The first-order chi connectivity index (χ1) is 28.8. The standard InChI is InChI=1S/C47H51N4P2.C5H5.Fe/c52-47(42-26-48-11-13-50-42,43-27-49-12-14-51-43)41-25-39(33-7-3-1-4-8-33)44(34-9-5-2-6-10-34)40(41)28-53(45-35-17-29-15-30(19-35)20-36(45)18-29)46-37-21-31-16-32(23-37)24-38(46)22-31;1-2-4-5-3-1;/h1-14,25-27,29-32,35-38,45-46H,15-24,28,52H2;1-5H;. The van der Waals surface area contributed by atoms with Crippen molar-refractivity contribution in [1.82, 2.24) is 19.9 Å². The first-order valence-electron chi connectivity index (χ1n) is 24.2.